The summed E-state index contributed by atoms with van der Waals surface area (Å²) < 4.78 is 27.3. The fourth-order valence-corrected chi connectivity index (χ4v) is 6.21. The summed E-state index contributed by atoms with van der Waals surface area (Å²) in [5.74, 6) is 0. The highest BCUT2D eigenvalue weighted by Crippen LogP contribution is 2.39. The molecule has 0 bridgehead atoms. The Kier molecular flexibility index (Phi) is 11.1. The van der Waals surface area contributed by atoms with Crippen LogP contribution in [0.5, 0.6) is 0 Å². The van der Waals surface area contributed by atoms with Gasteiger partial charge in [-0.3, -0.25) is 0 Å². The Hall–Kier alpha value is -4.00. The zero-order chi connectivity index (χ0) is 31.6. The van der Waals surface area contributed by atoms with Crippen LogP contribution >= 0.6 is 0 Å². The van der Waals surface area contributed by atoms with Gasteiger partial charge < -0.3 is 23.9 Å². The molecule has 0 amide bonds. The molecular formula is C41H45NO4. The molecule has 46 heavy (non-hydrogen) atoms. The molecule has 1 aliphatic heterocycles. The van der Waals surface area contributed by atoms with Crippen LogP contribution < -0.4 is 0 Å². The molecule has 2 heterocycles. The van der Waals surface area contributed by atoms with E-state index >= 15 is 0 Å². The molecule has 238 valence electrons. The van der Waals surface area contributed by atoms with Gasteiger partial charge in [0, 0.05) is 17.8 Å². The smallest absolute Gasteiger partial charge is 0.126 e. The number of aryl methyl sites for hydroxylation is 1. The van der Waals surface area contributed by atoms with Crippen molar-refractivity contribution in [2.75, 3.05) is 0 Å². The maximum absolute atomic E-state index is 6.94. The molecule has 1 aromatic heterocycles. The molecule has 0 saturated carbocycles. The summed E-state index contributed by atoms with van der Waals surface area (Å²) in [5, 5.41) is 0. The van der Waals surface area contributed by atoms with Crippen molar-refractivity contribution in [3.8, 4) is 0 Å². The summed E-state index contributed by atoms with van der Waals surface area (Å²) in [6.45, 7) is 5.70. The summed E-state index contributed by atoms with van der Waals surface area (Å²) in [4.78, 5) is 3.70. The standard InChI is InChI=1S/C41H45NO4/c1-3-30-20-22-31(23-21-30)26-35-24-25-36(42-35)38-40(44-28-33-16-10-6-11-17-33)41(45-29-34-18-12-7-13-19-34)39(37(4-2)46-38)43-27-32-14-8-5-9-15-32/h5-25,37-42H,3-4,26-29H2,1-2H3/t37-,38+,39-,40+,41+/m1/s1. The number of nitrogens with one attached hydrogen (secondary N) is 1. The lowest BCUT2D eigenvalue weighted by molar-refractivity contribution is -0.268. The fourth-order valence-electron chi connectivity index (χ4n) is 6.21. The van der Waals surface area contributed by atoms with Crippen molar-refractivity contribution >= 4 is 0 Å². The Morgan fingerprint density at radius 2 is 1.02 bits per heavy atom. The lowest BCUT2D eigenvalue weighted by atomic mass is 9.91. The normalized spacial score (nSPS) is 21.3. The molecule has 1 fully saturated rings. The van der Waals surface area contributed by atoms with E-state index in [1.807, 2.05) is 54.6 Å². The first kappa shape index (κ1) is 32.0. The predicted octanol–water partition coefficient (Wildman–Crippen LogP) is 8.77. The first-order valence-electron chi connectivity index (χ1n) is 16.6. The lowest BCUT2D eigenvalue weighted by Gasteiger charge is -2.46. The Labute approximate surface area is 273 Å². The quantitative estimate of drug-likeness (QED) is 0.136. The molecule has 6 rings (SSSR count). The number of rotatable bonds is 14. The molecule has 0 unspecified atom stereocenters. The highest BCUT2D eigenvalue weighted by molar-refractivity contribution is 5.28. The van der Waals surface area contributed by atoms with Crippen molar-refractivity contribution in [2.45, 2.75) is 83.5 Å². The number of H-pyrrole nitrogens is 1. The van der Waals surface area contributed by atoms with Gasteiger partial charge in [0.15, 0.2) is 0 Å². The van der Waals surface area contributed by atoms with Gasteiger partial charge >= 0.3 is 0 Å². The summed E-state index contributed by atoms with van der Waals surface area (Å²) >= 11 is 0. The van der Waals surface area contributed by atoms with Gasteiger partial charge in [-0.1, -0.05) is 129 Å². The van der Waals surface area contributed by atoms with Crippen LogP contribution in [0.3, 0.4) is 0 Å². The Bertz CT molecular complexity index is 1590. The minimum atomic E-state index is -0.414. The minimum absolute atomic E-state index is 0.181. The van der Waals surface area contributed by atoms with E-state index in [2.05, 4.69) is 91.6 Å². The topological polar surface area (TPSA) is 52.7 Å². The van der Waals surface area contributed by atoms with Crippen LogP contribution in [0, 0.1) is 0 Å². The number of hydrogen-bond acceptors (Lipinski definition) is 4. The third kappa shape index (κ3) is 8.23. The van der Waals surface area contributed by atoms with Gasteiger partial charge in [0.1, 0.15) is 24.4 Å². The molecule has 0 aliphatic carbocycles. The number of hydrogen-bond donors (Lipinski definition) is 1. The van der Waals surface area contributed by atoms with Gasteiger partial charge in [0.05, 0.1) is 25.9 Å². The van der Waals surface area contributed by atoms with E-state index in [1.165, 1.54) is 11.1 Å². The van der Waals surface area contributed by atoms with E-state index < -0.39 is 6.10 Å². The van der Waals surface area contributed by atoms with Gasteiger partial charge in [0.2, 0.25) is 0 Å². The molecule has 1 saturated heterocycles. The van der Waals surface area contributed by atoms with E-state index in [9.17, 15) is 0 Å². The van der Waals surface area contributed by atoms with Crippen molar-refractivity contribution in [3.05, 3.63) is 167 Å². The van der Waals surface area contributed by atoms with Crippen molar-refractivity contribution < 1.29 is 18.9 Å². The predicted molar refractivity (Wildman–Crippen MR) is 182 cm³/mol. The zero-order valence-electron chi connectivity index (χ0n) is 26.9. The average Bonchev–Trinajstić information content (AvgIpc) is 3.58. The largest absolute Gasteiger partial charge is 0.368 e. The molecule has 1 N–H and O–H groups in total. The van der Waals surface area contributed by atoms with Crippen molar-refractivity contribution in [3.63, 3.8) is 0 Å². The highest BCUT2D eigenvalue weighted by Gasteiger charge is 2.48. The molecule has 0 spiro atoms. The van der Waals surface area contributed by atoms with Crippen LogP contribution in [-0.4, -0.2) is 29.4 Å². The van der Waals surface area contributed by atoms with E-state index in [1.54, 1.807) is 0 Å². The van der Waals surface area contributed by atoms with Crippen molar-refractivity contribution in [1.29, 1.82) is 0 Å². The molecule has 1 aliphatic rings. The maximum atomic E-state index is 6.94. The Balaban J connectivity index is 1.30. The van der Waals surface area contributed by atoms with Crippen LogP contribution in [0.15, 0.2) is 127 Å². The molecule has 4 aromatic carbocycles. The first-order chi connectivity index (χ1) is 22.7. The monoisotopic (exact) mass is 615 g/mol. The third-order valence-corrected chi connectivity index (χ3v) is 8.79. The zero-order valence-corrected chi connectivity index (χ0v) is 26.9. The van der Waals surface area contributed by atoms with Crippen LogP contribution in [0.1, 0.15) is 65.6 Å². The molecule has 5 nitrogen and oxygen atoms in total. The summed E-state index contributed by atoms with van der Waals surface area (Å²) in [6, 6.07) is 44.1. The summed E-state index contributed by atoms with van der Waals surface area (Å²) in [5.41, 5.74) is 8.08. The van der Waals surface area contributed by atoms with Gasteiger partial charge in [-0.25, -0.2) is 0 Å². The fraction of sp³-hybridized carbons (Fsp3) is 0.317. The maximum Gasteiger partial charge on any atom is 0.126 e. The third-order valence-electron chi connectivity index (χ3n) is 8.79. The molecule has 5 aromatic rings. The van der Waals surface area contributed by atoms with Gasteiger partial charge in [0.25, 0.3) is 0 Å². The summed E-state index contributed by atoms with van der Waals surface area (Å²) in [7, 11) is 0. The van der Waals surface area contributed by atoms with Crippen LogP contribution in [0.2, 0.25) is 0 Å². The number of ether oxygens (including phenoxy) is 4. The molecular weight excluding hydrogens is 570 g/mol. The Morgan fingerprint density at radius 3 is 1.54 bits per heavy atom. The average molecular weight is 616 g/mol. The van der Waals surface area contributed by atoms with Crippen molar-refractivity contribution in [1.82, 2.24) is 4.98 Å². The number of aromatic nitrogens is 1. The van der Waals surface area contributed by atoms with Gasteiger partial charge in [-0.15, -0.1) is 0 Å². The molecule has 0 radical (unpaired) electrons. The molecule has 5 heteroatoms. The molecule has 5 atom stereocenters. The van der Waals surface area contributed by atoms with Gasteiger partial charge in [-0.2, -0.15) is 0 Å². The second kappa shape index (κ2) is 16.0. The van der Waals surface area contributed by atoms with Gasteiger partial charge in [-0.05, 0) is 52.8 Å². The highest BCUT2D eigenvalue weighted by atomic mass is 16.6. The van der Waals surface area contributed by atoms with E-state index in [0.717, 1.165) is 47.3 Å². The first-order valence-corrected chi connectivity index (χ1v) is 16.6. The minimum Gasteiger partial charge on any atom is -0.368 e. The van der Waals surface area contributed by atoms with E-state index in [4.69, 9.17) is 18.9 Å². The number of benzene rings is 4. The number of aromatic amines is 1. The van der Waals surface area contributed by atoms with Crippen molar-refractivity contribution in [2.24, 2.45) is 0 Å². The summed E-state index contributed by atoms with van der Waals surface area (Å²) in [6.07, 6.45) is 0.995. The SMILES string of the molecule is CCc1ccc(Cc2ccc([C@@H]3O[C@H](CC)[C@@H](OCc4ccccc4)[C@H](OCc4ccccc4)[C@H]3OCc3ccccc3)[nH]2)cc1. The Morgan fingerprint density at radius 1 is 0.522 bits per heavy atom. The van der Waals surface area contributed by atoms with E-state index in [-0.39, 0.29) is 24.4 Å². The second-order valence-electron chi connectivity index (χ2n) is 12.1. The second-order valence-corrected chi connectivity index (χ2v) is 12.1. The van der Waals surface area contributed by atoms with Crippen LogP contribution in [-0.2, 0) is 51.6 Å². The van der Waals surface area contributed by atoms with Crippen LogP contribution in [0.25, 0.3) is 0 Å². The van der Waals surface area contributed by atoms with Crippen LogP contribution in [0.4, 0.5) is 0 Å². The lowest BCUT2D eigenvalue weighted by Crippen LogP contribution is -2.57. The van der Waals surface area contributed by atoms with E-state index in [0.29, 0.717) is 19.8 Å².